The van der Waals surface area contributed by atoms with Gasteiger partial charge in [0.15, 0.2) is 11.5 Å². The van der Waals surface area contributed by atoms with Crippen LogP contribution in [-0.2, 0) is 4.74 Å². The molecule has 20 heavy (non-hydrogen) atoms. The van der Waals surface area contributed by atoms with Crippen LogP contribution in [0.4, 0.5) is 0 Å². The summed E-state index contributed by atoms with van der Waals surface area (Å²) in [4.78, 5) is 0. The van der Waals surface area contributed by atoms with Gasteiger partial charge in [0.05, 0.1) is 19.3 Å². The molecule has 110 valence electrons. The first kappa shape index (κ1) is 13.7. The van der Waals surface area contributed by atoms with E-state index in [9.17, 15) is 0 Å². The maximum Gasteiger partial charge on any atom is 0.161 e. The van der Waals surface area contributed by atoms with E-state index in [0.717, 1.165) is 49.5 Å². The van der Waals surface area contributed by atoms with Gasteiger partial charge in [-0.2, -0.15) is 0 Å². The van der Waals surface area contributed by atoms with E-state index in [2.05, 4.69) is 0 Å². The third-order valence-electron chi connectivity index (χ3n) is 4.02. The monoisotopic (exact) mass is 277 g/mol. The minimum atomic E-state index is 0.0383. The maximum atomic E-state index is 6.29. The Hall–Kier alpha value is -1.26. The first-order valence-electron chi connectivity index (χ1n) is 7.59. The Kier molecular flexibility index (Phi) is 4.43. The average molecular weight is 277 g/mol. The van der Waals surface area contributed by atoms with Crippen molar-refractivity contribution in [2.45, 2.75) is 44.2 Å². The van der Waals surface area contributed by atoms with Gasteiger partial charge in [-0.3, -0.25) is 0 Å². The molecular formula is C16H23NO3. The molecule has 4 heteroatoms. The Morgan fingerprint density at radius 3 is 2.75 bits per heavy atom. The van der Waals surface area contributed by atoms with Crippen molar-refractivity contribution in [2.24, 2.45) is 5.73 Å². The number of fused-ring (bicyclic) bond motifs is 1. The molecule has 1 aromatic carbocycles. The van der Waals surface area contributed by atoms with Gasteiger partial charge in [-0.1, -0.05) is 6.07 Å². The molecule has 1 saturated heterocycles. The van der Waals surface area contributed by atoms with Gasteiger partial charge in [-0.05, 0) is 43.4 Å². The molecule has 2 aliphatic rings. The third kappa shape index (κ3) is 3.25. The number of benzene rings is 1. The lowest BCUT2D eigenvalue weighted by Crippen LogP contribution is -2.14. The summed E-state index contributed by atoms with van der Waals surface area (Å²) in [5.74, 6) is 1.66. The average Bonchev–Trinajstić information content (AvgIpc) is 2.88. The Balaban J connectivity index is 1.62. The van der Waals surface area contributed by atoms with Crippen molar-refractivity contribution in [2.75, 3.05) is 19.8 Å². The normalized spacial score (nSPS) is 23.4. The van der Waals surface area contributed by atoms with Crippen LogP contribution in [-0.4, -0.2) is 25.9 Å². The molecule has 1 fully saturated rings. The van der Waals surface area contributed by atoms with E-state index in [-0.39, 0.29) is 6.04 Å². The number of rotatable bonds is 4. The van der Waals surface area contributed by atoms with E-state index in [4.69, 9.17) is 19.9 Å². The van der Waals surface area contributed by atoms with Crippen LogP contribution in [0.1, 0.15) is 43.7 Å². The fourth-order valence-corrected chi connectivity index (χ4v) is 2.81. The molecule has 3 rings (SSSR count). The number of hydrogen-bond donors (Lipinski definition) is 1. The van der Waals surface area contributed by atoms with Crippen LogP contribution >= 0.6 is 0 Å². The molecule has 0 bridgehead atoms. The summed E-state index contributed by atoms with van der Waals surface area (Å²) in [5, 5.41) is 0. The second kappa shape index (κ2) is 6.46. The highest BCUT2D eigenvalue weighted by Gasteiger charge is 2.18. The van der Waals surface area contributed by atoms with Crippen LogP contribution in [0.2, 0.25) is 0 Å². The van der Waals surface area contributed by atoms with Crippen molar-refractivity contribution in [3.63, 3.8) is 0 Å². The molecule has 4 nitrogen and oxygen atoms in total. The van der Waals surface area contributed by atoms with Gasteiger partial charge in [-0.25, -0.2) is 0 Å². The lowest BCUT2D eigenvalue weighted by atomic mass is 9.99. The lowest BCUT2D eigenvalue weighted by molar-refractivity contribution is 0.101. The van der Waals surface area contributed by atoms with Gasteiger partial charge in [0, 0.05) is 19.1 Å². The van der Waals surface area contributed by atoms with Crippen molar-refractivity contribution in [3.05, 3.63) is 23.8 Å². The second-order valence-corrected chi connectivity index (χ2v) is 5.58. The number of ether oxygens (including phenoxy) is 3. The van der Waals surface area contributed by atoms with Crippen LogP contribution in [0.5, 0.6) is 11.5 Å². The molecule has 0 aromatic heterocycles. The zero-order valence-electron chi connectivity index (χ0n) is 11.8. The van der Waals surface area contributed by atoms with E-state index in [1.54, 1.807) is 0 Å². The Bertz CT molecular complexity index is 443. The first-order chi connectivity index (χ1) is 9.83. The zero-order valence-corrected chi connectivity index (χ0v) is 11.8. The highest BCUT2D eigenvalue weighted by atomic mass is 16.5. The van der Waals surface area contributed by atoms with Crippen LogP contribution in [0.3, 0.4) is 0 Å². The second-order valence-electron chi connectivity index (χ2n) is 5.58. The largest absolute Gasteiger partial charge is 0.490 e. The summed E-state index contributed by atoms with van der Waals surface area (Å²) in [5.41, 5.74) is 7.41. The summed E-state index contributed by atoms with van der Waals surface area (Å²) >= 11 is 0. The van der Waals surface area contributed by atoms with E-state index >= 15 is 0 Å². The van der Waals surface area contributed by atoms with Crippen molar-refractivity contribution in [3.8, 4) is 11.5 Å². The van der Waals surface area contributed by atoms with Crippen molar-refractivity contribution in [1.82, 2.24) is 0 Å². The summed E-state index contributed by atoms with van der Waals surface area (Å²) in [7, 11) is 0. The van der Waals surface area contributed by atoms with Gasteiger partial charge in [0.2, 0.25) is 0 Å². The third-order valence-corrected chi connectivity index (χ3v) is 4.02. The lowest BCUT2D eigenvalue weighted by Gasteiger charge is -2.16. The summed E-state index contributed by atoms with van der Waals surface area (Å²) in [6, 6.07) is 6.09. The van der Waals surface area contributed by atoms with Gasteiger partial charge in [0.25, 0.3) is 0 Å². The zero-order chi connectivity index (χ0) is 13.8. The molecule has 2 heterocycles. The van der Waals surface area contributed by atoms with Crippen LogP contribution in [0, 0.1) is 0 Å². The molecule has 2 unspecified atom stereocenters. The van der Waals surface area contributed by atoms with E-state index in [1.807, 2.05) is 18.2 Å². The fraction of sp³-hybridized carbons (Fsp3) is 0.625. The summed E-state index contributed by atoms with van der Waals surface area (Å²) < 4.78 is 17.0. The molecular weight excluding hydrogens is 254 g/mol. The van der Waals surface area contributed by atoms with Crippen molar-refractivity contribution < 1.29 is 14.2 Å². The van der Waals surface area contributed by atoms with Crippen molar-refractivity contribution >= 4 is 0 Å². The summed E-state index contributed by atoms with van der Waals surface area (Å²) in [6.07, 6.45) is 5.67. The molecule has 0 saturated carbocycles. The van der Waals surface area contributed by atoms with E-state index < -0.39 is 0 Å². The minimum Gasteiger partial charge on any atom is -0.490 e. The van der Waals surface area contributed by atoms with Crippen LogP contribution in [0.25, 0.3) is 0 Å². The molecule has 0 radical (unpaired) electrons. The molecule has 2 N–H and O–H groups in total. The Labute approximate surface area is 120 Å². The number of hydrogen-bond acceptors (Lipinski definition) is 4. The number of nitrogens with two attached hydrogens (primary N) is 1. The predicted octanol–water partition coefficient (Wildman–Crippen LogP) is 2.81. The first-order valence-corrected chi connectivity index (χ1v) is 7.59. The van der Waals surface area contributed by atoms with Crippen molar-refractivity contribution in [1.29, 1.82) is 0 Å². The minimum absolute atomic E-state index is 0.0383. The topological polar surface area (TPSA) is 53.7 Å². The van der Waals surface area contributed by atoms with E-state index in [0.29, 0.717) is 12.7 Å². The SMILES string of the molecule is NC(CCC1CCCO1)c1ccc2c(c1)OCCCO2. The maximum absolute atomic E-state index is 6.29. The van der Waals surface area contributed by atoms with Crippen LogP contribution in [0.15, 0.2) is 18.2 Å². The highest BCUT2D eigenvalue weighted by molar-refractivity contribution is 5.44. The van der Waals surface area contributed by atoms with Gasteiger partial charge >= 0.3 is 0 Å². The molecule has 0 aliphatic carbocycles. The smallest absolute Gasteiger partial charge is 0.161 e. The molecule has 2 atom stereocenters. The van der Waals surface area contributed by atoms with E-state index in [1.165, 1.54) is 12.8 Å². The molecule has 1 aromatic rings. The Morgan fingerprint density at radius 2 is 1.95 bits per heavy atom. The van der Waals surface area contributed by atoms with Gasteiger partial charge < -0.3 is 19.9 Å². The highest BCUT2D eigenvalue weighted by Crippen LogP contribution is 2.33. The summed E-state index contributed by atoms with van der Waals surface area (Å²) in [6.45, 7) is 2.34. The van der Waals surface area contributed by atoms with Crippen LogP contribution < -0.4 is 15.2 Å². The fourth-order valence-electron chi connectivity index (χ4n) is 2.81. The Morgan fingerprint density at radius 1 is 1.10 bits per heavy atom. The quantitative estimate of drug-likeness (QED) is 0.919. The molecule has 0 amide bonds. The predicted molar refractivity (Wildman–Crippen MR) is 77.2 cm³/mol. The molecule has 0 spiro atoms. The van der Waals surface area contributed by atoms with Gasteiger partial charge in [0.1, 0.15) is 0 Å². The standard InChI is InChI=1S/C16H23NO3/c17-14(6-5-13-3-1-8-18-13)12-4-7-15-16(11-12)20-10-2-9-19-15/h4,7,11,13-14H,1-3,5-6,8-10,17H2. The molecule has 2 aliphatic heterocycles. The van der Waals surface area contributed by atoms with Gasteiger partial charge in [-0.15, -0.1) is 0 Å².